The number of phenolic OH excluding ortho intramolecular Hbond substituents is 3. The van der Waals surface area contributed by atoms with Crippen molar-refractivity contribution in [1.29, 1.82) is 0 Å². The van der Waals surface area contributed by atoms with E-state index in [2.05, 4.69) is 0 Å². The molecule has 0 saturated heterocycles. The molecule has 2 aromatic carbocycles. The van der Waals surface area contributed by atoms with Gasteiger partial charge in [0.2, 0.25) is 5.43 Å². The quantitative estimate of drug-likeness (QED) is 0.240. The SMILES string of the molecule is CC(C)=CCc1c(O)c(O)c(CC=C(C)C)c2c(=O)c3c(O)c4c(cc3oc12)OC(C)(C)C=C4. The number of hydrogen-bond acceptors (Lipinski definition) is 6. The van der Waals surface area contributed by atoms with Crippen molar-refractivity contribution >= 4 is 28.0 Å². The van der Waals surface area contributed by atoms with Crippen molar-refractivity contribution in [2.24, 2.45) is 0 Å². The summed E-state index contributed by atoms with van der Waals surface area (Å²) in [4.78, 5) is 13.8. The topological polar surface area (TPSA) is 100 Å². The van der Waals surface area contributed by atoms with E-state index < -0.39 is 11.0 Å². The lowest BCUT2D eigenvalue weighted by Crippen LogP contribution is -2.27. The van der Waals surface area contributed by atoms with Gasteiger partial charge in [-0.25, -0.2) is 0 Å². The summed E-state index contributed by atoms with van der Waals surface area (Å²) in [5.41, 5.74) is 2.26. The second kappa shape index (κ2) is 8.28. The smallest absolute Gasteiger partial charge is 0.204 e. The molecule has 2 heterocycles. The first-order valence-corrected chi connectivity index (χ1v) is 11.3. The molecule has 3 N–H and O–H groups in total. The molecule has 0 fully saturated rings. The zero-order chi connectivity index (χ0) is 24.9. The summed E-state index contributed by atoms with van der Waals surface area (Å²) in [6, 6.07) is 1.60. The third-order valence-electron chi connectivity index (χ3n) is 5.98. The van der Waals surface area contributed by atoms with Gasteiger partial charge >= 0.3 is 0 Å². The fourth-order valence-electron chi connectivity index (χ4n) is 4.17. The van der Waals surface area contributed by atoms with Gasteiger partial charge in [-0.15, -0.1) is 0 Å². The highest BCUT2D eigenvalue weighted by Crippen LogP contribution is 2.45. The second-order valence-electron chi connectivity index (χ2n) is 9.81. The van der Waals surface area contributed by atoms with E-state index in [-0.39, 0.29) is 57.6 Å². The molecule has 4 rings (SSSR count). The predicted octanol–water partition coefficient (Wildman–Crippen LogP) is 6.26. The molecule has 6 heteroatoms. The molecule has 0 spiro atoms. The first-order chi connectivity index (χ1) is 15.9. The summed E-state index contributed by atoms with van der Waals surface area (Å²) in [6.45, 7) is 11.4. The molecule has 0 saturated carbocycles. The molecule has 0 amide bonds. The standard InChI is InChI=1S/C28H30O6/c1-14(2)7-9-17-21-26(32)22-20(13-19-16(23(22)29)11-12-28(5,6)34-19)33-27(21)18(10-8-15(3)4)25(31)24(17)30/h7-8,11-13,29-31H,9-10H2,1-6H3. The highest BCUT2D eigenvalue weighted by molar-refractivity contribution is 6.00. The van der Waals surface area contributed by atoms with Crippen molar-refractivity contribution in [3.05, 3.63) is 62.4 Å². The maximum atomic E-state index is 13.8. The monoisotopic (exact) mass is 462 g/mol. The Morgan fingerprint density at radius 1 is 0.912 bits per heavy atom. The van der Waals surface area contributed by atoms with Gasteiger partial charge in [-0.2, -0.15) is 0 Å². The maximum Gasteiger partial charge on any atom is 0.204 e. The lowest BCUT2D eigenvalue weighted by Gasteiger charge is -2.28. The van der Waals surface area contributed by atoms with Crippen LogP contribution < -0.4 is 10.2 Å². The summed E-state index contributed by atoms with van der Waals surface area (Å²) in [6.07, 6.45) is 7.77. The Kier molecular flexibility index (Phi) is 5.72. The van der Waals surface area contributed by atoms with Crippen LogP contribution in [0.2, 0.25) is 0 Å². The van der Waals surface area contributed by atoms with Crippen molar-refractivity contribution in [2.75, 3.05) is 0 Å². The first-order valence-electron chi connectivity index (χ1n) is 11.3. The first kappa shape index (κ1) is 23.5. The van der Waals surface area contributed by atoms with Gasteiger partial charge in [0.15, 0.2) is 11.5 Å². The van der Waals surface area contributed by atoms with E-state index in [1.807, 2.05) is 59.8 Å². The second-order valence-corrected chi connectivity index (χ2v) is 9.81. The highest BCUT2D eigenvalue weighted by Gasteiger charge is 2.29. The van der Waals surface area contributed by atoms with Crippen LogP contribution in [0, 0.1) is 0 Å². The number of fused-ring (bicyclic) bond motifs is 3. The Morgan fingerprint density at radius 3 is 2.12 bits per heavy atom. The van der Waals surface area contributed by atoms with Crippen LogP contribution in [0.15, 0.2) is 44.7 Å². The molecule has 0 bridgehead atoms. The lowest BCUT2D eigenvalue weighted by atomic mass is 9.94. The molecular formula is C28H30O6. The van der Waals surface area contributed by atoms with Crippen molar-refractivity contribution in [2.45, 2.75) is 60.0 Å². The average Bonchev–Trinajstić information content (AvgIpc) is 2.73. The molecule has 0 radical (unpaired) electrons. The van der Waals surface area contributed by atoms with Gasteiger partial charge in [0.1, 0.15) is 33.7 Å². The molecule has 0 aliphatic carbocycles. The molecule has 1 aliphatic heterocycles. The van der Waals surface area contributed by atoms with Gasteiger partial charge in [-0.1, -0.05) is 23.3 Å². The largest absolute Gasteiger partial charge is 0.506 e. The van der Waals surface area contributed by atoms with E-state index in [4.69, 9.17) is 9.15 Å². The zero-order valence-corrected chi connectivity index (χ0v) is 20.4. The Hall–Kier alpha value is -3.67. The zero-order valence-electron chi connectivity index (χ0n) is 20.4. The number of allylic oxidation sites excluding steroid dienone is 4. The Morgan fingerprint density at radius 2 is 1.50 bits per heavy atom. The van der Waals surface area contributed by atoms with Crippen molar-refractivity contribution < 1.29 is 24.5 Å². The molecule has 1 aliphatic rings. The third-order valence-corrected chi connectivity index (χ3v) is 5.98. The highest BCUT2D eigenvalue weighted by atomic mass is 16.5. The lowest BCUT2D eigenvalue weighted by molar-refractivity contribution is 0.158. The number of hydrogen-bond donors (Lipinski definition) is 3. The van der Waals surface area contributed by atoms with Crippen LogP contribution in [0.3, 0.4) is 0 Å². The van der Waals surface area contributed by atoms with E-state index in [0.717, 1.165) is 11.1 Å². The minimum absolute atomic E-state index is 0.0101. The summed E-state index contributed by atoms with van der Waals surface area (Å²) in [5, 5.41) is 33.0. The average molecular weight is 463 g/mol. The summed E-state index contributed by atoms with van der Waals surface area (Å²) >= 11 is 0. The molecule has 178 valence electrons. The van der Waals surface area contributed by atoms with E-state index in [1.54, 1.807) is 12.1 Å². The number of rotatable bonds is 4. The Bertz CT molecular complexity index is 1470. The third kappa shape index (κ3) is 3.94. The van der Waals surface area contributed by atoms with Gasteiger partial charge in [0.05, 0.1) is 10.9 Å². The van der Waals surface area contributed by atoms with Crippen LogP contribution in [-0.2, 0) is 12.8 Å². The van der Waals surface area contributed by atoms with Crippen molar-refractivity contribution in [3.63, 3.8) is 0 Å². The van der Waals surface area contributed by atoms with Gasteiger partial charge < -0.3 is 24.5 Å². The minimum Gasteiger partial charge on any atom is -0.506 e. The molecule has 0 unspecified atom stereocenters. The Labute approximate surface area is 198 Å². The number of benzene rings is 2. The fraction of sp³-hybridized carbons (Fsp3) is 0.321. The molecule has 0 atom stereocenters. The van der Waals surface area contributed by atoms with Crippen LogP contribution in [0.4, 0.5) is 0 Å². The predicted molar refractivity (Wildman–Crippen MR) is 135 cm³/mol. The molecule has 34 heavy (non-hydrogen) atoms. The summed E-state index contributed by atoms with van der Waals surface area (Å²) in [7, 11) is 0. The van der Waals surface area contributed by atoms with Crippen molar-refractivity contribution in [3.8, 4) is 23.0 Å². The van der Waals surface area contributed by atoms with Crippen LogP contribution in [0.25, 0.3) is 28.0 Å². The summed E-state index contributed by atoms with van der Waals surface area (Å²) in [5.74, 6) is -0.497. The van der Waals surface area contributed by atoms with Crippen LogP contribution in [-0.4, -0.2) is 20.9 Å². The van der Waals surface area contributed by atoms with Crippen LogP contribution in [0.5, 0.6) is 23.0 Å². The van der Waals surface area contributed by atoms with E-state index in [1.165, 1.54) is 0 Å². The van der Waals surface area contributed by atoms with Gasteiger partial charge in [0, 0.05) is 17.2 Å². The summed E-state index contributed by atoms with van der Waals surface area (Å²) < 4.78 is 12.2. The molecule has 1 aromatic heterocycles. The normalized spacial score (nSPS) is 14.1. The van der Waals surface area contributed by atoms with Gasteiger partial charge in [-0.3, -0.25) is 4.79 Å². The minimum atomic E-state index is -0.583. The number of aromatic hydroxyl groups is 3. The molecule has 3 aromatic rings. The van der Waals surface area contributed by atoms with Crippen LogP contribution >= 0.6 is 0 Å². The maximum absolute atomic E-state index is 13.8. The van der Waals surface area contributed by atoms with E-state index in [9.17, 15) is 20.1 Å². The fourth-order valence-corrected chi connectivity index (χ4v) is 4.17. The number of ether oxygens (including phenoxy) is 1. The number of phenols is 3. The van der Waals surface area contributed by atoms with E-state index >= 15 is 0 Å². The van der Waals surface area contributed by atoms with Crippen molar-refractivity contribution in [1.82, 2.24) is 0 Å². The van der Waals surface area contributed by atoms with Gasteiger partial charge in [-0.05, 0) is 66.5 Å². The molecular weight excluding hydrogens is 432 g/mol. The Balaban J connectivity index is 2.17. The van der Waals surface area contributed by atoms with Gasteiger partial charge in [0.25, 0.3) is 0 Å². The molecule has 6 nitrogen and oxygen atoms in total. The van der Waals surface area contributed by atoms with E-state index in [0.29, 0.717) is 16.9 Å². The van der Waals surface area contributed by atoms with Crippen LogP contribution in [0.1, 0.15) is 58.2 Å².